The number of rotatable bonds is 41. The lowest BCUT2D eigenvalue weighted by atomic mass is 10.0. The fourth-order valence-electron chi connectivity index (χ4n) is 9.28. The maximum Gasteiger partial charge on any atom is 0.326 e. The van der Waals surface area contributed by atoms with E-state index in [0.29, 0.717) is 24.0 Å². The van der Waals surface area contributed by atoms with Crippen molar-refractivity contribution >= 4 is 108 Å². The molecule has 11 atom stereocenters. The van der Waals surface area contributed by atoms with Crippen LogP contribution >= 0.6 is 25.3 Å². The lowest BCUT2D eigenvalue weighted by Gasteiger charge is -2.29. The molecule has 33 nitrogen and oxygen atoms in total. The molecule has 0 aromatic heterocycles. The number of guanidine groups is 1. The molecule has 1 aliphatic rings. The zero-order chi connectivity index (χ0) is 68.6. The van der Waals surface area contributed by atoms with Crippen LogP contribution in [-0.2, 0) is 75.2 Å². The van der Waals surface area contributed by atoms with Crippen LogP contribution in [0.15, 0.2) is 59.6 Å². The number of phenolic OH excluding ortho intramolecular Hbond substituents is 1. The average Bonchev–Trinajstić information content (AvgIpc) is 1.65. The number of aliphatic carboxylic acids is 3. The second-order valence-electron chi connectivity index (χ2n) is 21.6. The minimum Gasteiger partial charge on any atom is -0.508 e. The summed E-state index contributed by atoms with van der Waals surface area (Å²) in [6.07, 6.45) is -1.64. The highest BCUT2D eigenvalue weighted by Gasteiger charge is 2.40. The van der Waals surface area contributed by atoms with Crippen molar-refractivity contribution in [3.63, 3.8) is 0 Å². The van der Waals surface area contributed by atoms with Crippen molar-refractivity contribution in [1.82, 2.24) is 52.8 Å². The molecule has 2 aromatic rings. The second kappa shape index (κ2) is 40.1. The third-order valence-corrected chi connectivity index (χ3v) is 15.1. The number of amides is 10. The first kappa shape index (κ1) is 77.4. The molecular formula is C57H85N15O18S2. The molecule has 1 aliphatic heterocycles. The smallest absolute Gasteiger partial charge is 0.326 e. The first-order valence-corrected chi connectivity index (χ1v) is 30.7. The molecule has 508 valence electrons. The van der Waals surface area contributed by atoms with Crippen LogP contribution in [-0.4, -0.2) is 218 Å². The summed E-state index contributed by atoms with van der Waals surface area (Å²) in [6, 6.07) is -2.46. The van der Waals surface area contributed by atoms with Gasteiger partial charge in [0.1, 0.15) is 72.2 Å². The minimum absolute atomic E-state index is 0.0424. The summed E-state index contributed by atoms with van der Waals surface area (Å²) < 4.78 is 0. The molecule has 0 bridgehead atoms. The van der Waals surface area contributed by atoms with E-state index in [1.54, 1.807) is 30.3 Å². The number of aliphatic hydroxyl groups excluding tert-OH is 1. The zero-order valence-electron chi connectivity index (χ0n) is 50.6. The molecule has 0 spiro atoms. The third-order valence-electron chi connectivity index (χ3n) is 14.4. The van der Waals surface area contributed by atoms with Crippen molar-refractivity contribution in [2.75, 3.05) is 37.7 Å². The van der Waals surface area contributed by atoms with Crippen LogP contribution in [0.1, 0.15) is 88.7 Å². The maximum atomic E-state index is 14.6. The molecule has 35 heteroatoms. The Labute approximate surface area is 540 Å². The predicted octanol–water partition coefficient (Wildman–Crippen LogP) is -5.27. The Kier molecular flexibility index (Phi) is 33.8. The summed E-state index contributed by atoms with van der Waals surface area (Å²) in [5.74, 6) is -14.7. The van der Waals surface area contributed by atoms with Gasteiger partial charge in [-0.2, -0.15) is 25.3 Å². The number of likely N-dealkylation sites (tertiary alicyclic amines) is 1. The van der Waals surface area contributed by atoms with Crippen LogP contribution in [0.3, 0.4) is 0 Å². The highest BCUT2D eigenvalue weighted by molar-refractivity contribution is 7.80. The van der Waals surface area contributed by atoms with Crippen molar-refractivity contribution in [2.24, 2.45) is 27.9 Å². The highest BCUT2D eigenvalue weighted by Crippen LogP contribution is 2.21. The van der Waals surface area contributed by atoms with Gasteiger partial charge in [-0.1, -0.05) is 42.5 Å². The number of benzene rings is 2. The number of nitrogens with one attached hydrogen (secondary N) is 9. The lowest BCUT2D eigenvalue weighted by molar-refractivity contribution is -0.150. The minimum atomic E-state index is -1.58. The lowest BCUT2D eigenvalue weighted by Crippen LogP contribution is -2.61. The van der Waals surface area contributed by atoms with Crippen LogP contribution in [0.25, 0.3) is 0 Å². The molecule has 0 radical (unpaired) electrons. The van der Waals surface area contributed by atoms with Gasteiger partial charge in [-0.3, -0.25) is 62.5 Å². The summed E-state index contributed by atoms with van der Waals surface area (Å²) in [5, 5.41) is 70.3. The Balaban J connectivity index is 1.88. The number of carboxylic acid groups (broad SMARTS) is 3. The third kappa shape index (κ3) is 27.0. The average molecular weight is 1330 g/mol. The zero-order valence-corrected chi connectivity index (χ0v) is 52.4. The number of aliphatic hydroxyl groups is 1. The largest absolute Gasteiger partial charge is 0.508 e. The second-order valence-corrected chi connectivity index (χ2v) is 22.3. The molecule has 3 rings (SSSR count). The number of aromatic hydroxyl groups is 1. The summed E-state index contributed by atoms with van der Waals surface area (Å²) in [4.78, 5) is 179. The fourth-order valence-corrected chi connectivity index (χ4v) is 9.79. The van der Waals surface area contributed by atoms with Crippen molar-refractivity contribution in [1.29, 1.82) is 0 Å². The van der Waals surface area contributed by atoms with Crippen LogP contribution in [0.2, 0.25) is 0 Å². The number of hydrogen-bond donors (Lipinski definition) is 20. The Bertz CT molecular complexity index is 2890. The SMILES string of the molecule is C[C@H](NC(=O)[C@H](Cc1ccc(O)cc1)NC(=O)[C@H](Cc1ccccc1)NC(=O)[C@H](CCCN=C(N)N)NC(=O)[C@H](CCC(=O)O)NC(=O)[C@@H](N)CO)C(=O)N[C@@H](CS)C(=O)N[C@@H](CS)C(=O)N[C@@H](CCCCN)C(=O)N[C@@H](CCC(=O)O)C(=O)N1CCC[C@H]1C(=O)O. The Morgan fingerprint density at radius 1 is 0.554 bits per heavy atom. The van der Waals surface area contributed by atoms with E-state index in [0.717, 1.165) is 4.90 Å². The quantitative estimate of drug-likeness (QED) is 0.0128. The number of carboxylic acids is 3. The van der Waals surface area contributed by atoms with E-state index in [9.17, 15) is 87.9 Å². The number of hydrogen-bond acceptors (Lipinski definition) is 20. The highest BCUT2D eigenvalue weighted by atomic mass is 32.1. The number of thiol groups is 2. The van der Waals surface area contributed by atoms with Gasteiger partial charge in [-0.25, -0.2) is 4.79 Å². The Morgan fingerprint density at radius 2 is 0.978 bits per heavy atom. The molecule has 0 unspecified atom stereocenters. The van der Waals surface area contributed by atoms with E-state index < -0.39 is 176 Å². The van der Waals surface area contributed by atoms with Crippen molar-refractivity contribution in [3.05, 3.63) is 65.7 Å². The molecule has 92 heavy (non-hydrogen) atoms. The van der Waals surface area contributed by atoms with Gasteiger partial charge < -0.3 is 101 Å². The number of aliphatic imine (C=N–C) groups is 1. The topological polar surface area (TPSA) is 551 Å². The number of nitrogens with two attached hydrogens (primary N) is 4. The van der Waals surface area contributed by atoms with Gasteiger partial charge in [0.2, 0.25) is 59.1 Å². The monoisotopic (exact) mass is 1330 g/mol. The van der Waals surface area contributed by atoms with E-state index >= 15 is 0 Å². The van der Waals surface area contributed by atoms with Crippen molar-refractivity contribution in [3.8, 4) is 5.75 Å². The van der Waals surface area contributed by atoms with Gasteiger partial charge >= 0.3 is 17.9 Å². The first-order valence-electron chi connectivity index (χ1n) is 29.5. The molecule has 1 fully saturated rings. The number of unbranched alkanes of at least 4 members (excludes halogenated alkanes) is 1. The van der Waals surface area contributed by atoms with E-state index in [2.05, 4.69) is 78.1 Å². The van der Waals surface area contributed by atoms with E-state index in [1.807, 2.05) is 0 Å². The molecule has 22 N–H and O–H groups in total. The number of carbonyl (C=O) groups is 13. The van der Waals surface area contributed by atoms with Crippen LogP contribution in [0, 0.1) is 0 Å². The van der Waals surface area contributed by atoms with Gasteiger partial charge in [-0.15, -0.1) is 0 Å². The Hall–Kier alpha value is -8.80. The summed E-state index contributed by atoms with van der Waals surface area (Å²) in [6.45, 7) is 0.621. The van der Waals surface area contributed by atoms with Gasteiger partial charge in [0, 0.05) is 50.3 Å². The normalized spacial score (nSPS) is 15.9. The van der Waals surface area contributed by atoms with Gasteiger partial charge in [0.15, 0.2) is 5.96 Å². The summed E-state index contributed by atoms with van der Waals surface area (Å²) in [5.41, 5.74) is 23.2. The van der Waals surface area contributed by atoms with Gasteiger partial charge in [0.25, 0.3) is 0 Å². The molecule has 0 aliphatic carbocycles. The summed E-state index contributed by atoms with van der Waals surface area (Å²) >= 11 is 8.44. The van der Waals surface area contributed by atoms with E-state index in [4.69, 9.17) is 22.9 Å². The summed E-state index contributed by atoms with van der Waals surface area (Å²) in [7, 11) is 0. The molecular weight excluding hydrogens is 1250 g/mol. The van der Waals surface area contributed by atoms with Crippen molar-refractivity contribution < 1.29 is 87.9 Å². The maximum absolute atomic E-state index is 14.6. The predicted molar refractivity (Wildman–Crippen MR) is 337 cm³/mol. The van der Waals surface area contributed by atoms with Gasteiger partial charge in [-0.05, 0) is 94.5 Å². The standard InChI is InChI=1S/C57H85N15O18S2/c1-30(46(79)70-41(28-91)54(87)71-42(29-92)53(86)66-35(11-5-6-22-58)48(81)67-38(19-21-45(77)78)55(88)72-24-8-13-43(72)56(89)90)63-51(84)39(26-32-14-16-33(74)17-15-32)69-52(85)40(25-31-9-3-2-4-10-31)68-49(82)36(12-7-23-62-57(60)61)65-50(83)37(18-20-44(75)76)64-47(80)34(59)27-73/h2-4,9-10,14-17,30,34-43,73-74,91-92H,5-8,11-13,18-29,58-59H2,1H3,(H,63,84)(H,64,80)(H,65,83)(H,66,86)(H,67,81)(H,68,82)(H,69,85)(H,70,79)(H,71,87)(H,75,76)(H,77,78)(H,89,90)(H4,60,61,62)/t30-,34-,35-,36-,37-,38-,39-,40-,41-,42-,43-/m0/s1. The number of phenols is 1. The molecule has 1 heterocycles. The van der Waals surface area contributed by atoms with E-state index in [1.165, 1.54) is 31.2 Å². The van der Waals surface area contributed by atoms with Gasteiger partial charge in [0.05, 0.1) is 6.61 Å². The fraction of sp³-hybridized carbons (Fsp3) is 0.544. The molecule has 2 aromatic carbocycles. The van der Waals surface area contributed by atoms with Crippen LogP contribution in [0.4, 0.5) is 0 Å². The van der Waals surface area contributed by atoms with Crippen LogP contribution in [0.5, 0.6) is 5.75 Å². The first-order chi connectivity index (χ1) is 43.6. The molecule has 1 saturated heterocycles. The van der Waals surface area contributed by atoms with E-state index in [-0.39, 0.29) is 87.8 Å². The van der Waals surface area contributed by atoms with Crippen molar-refractivity contribution in [2.45, 2.75) is 157 Å². The number of nitrogens with zero attached hydrogens (tertiary/aromatic N) is 2. The van der Waals surface area contributed by atoms with Crippen LogP contribution < -0.4 is 70.8 Å². The molecule has 0 saturated carbocycles. The molecule has 10 amide bonds. The number of carbonyl (C=O) groups excluding carboxylic acids is 10. The Morgan fingerprint density at radius 3 is 1.47 bits per heavy atom.